The number of anilines is 1. The minimum absolute atomic E-state index is 0.00400. The van der Waals surface area contributed by atoms with Crippen LogP contribution in [0.5, 0.6) is 5.75 Å². The van der Waals surface area contributed by atoms with Crippen molar-refractivity contribution in [1.29, 1.82) is 0 Å². The minimum Gasteiger partial charge on any atom is -0.488 e. The molecule has 2 aromatic rings. The SMILES string of the molecule is C[C@H](CO)N1C[C@H](C)[C@@H](CN(C)S(=O)(=O)c2ccc(F)cc2)Oc2ccc(NC(=O)C3CCCCC3)cc2CC1=O. The fourth-order valence-electron chi connectivity index (χ4n) is 5.47. The molecular weight excluding hydrogens is 549 g/mol. The minimum atomic E-state index is -3.94. The molecule has 1 aliphatic carbocycles. The number of rotatable bonds is 8. The summed E-state index contributed by atoms with van der Waals surface area (Å²) in [5.74, 6) is -0.681. The molecule has 0 spiro atoms. The van der Waals surface area contributed by atoms with Crippen LogP contribution in [0.1, 0.15) is 51.5 Å². The first-order valence-corrected chi connectivity index (χ1v) is 15.7. The number of carbonyl (C=O) groups excluding carboxylic acids is 2. The number of aliphatic hydroxyl groups excluding tert-OH is 1. The van der Waals surface area contributed by atoms with Crippen LogP contribution in [0.15, 0.2) is 47.4 Å². The molecule has 0 unspecified atom stereocenters. The highest BCUT2D eigenvalue weighted by molar-refractivity contribution is 7.89. The number of hydrogen-bond acceptors (Lipinski definition) is 6. The Labute approximate surface area is 241 Å². The highest BCUT2D eigenvalue weighted by Gasteiger charge is 2.33. The lowest BCUT2D eigenvalue weighted by molar-refractivity contribution is -0.134. The molecule has 1 saturated carbocycles. The van der Waals surface area contributed by atoms with Crippen LogP contribution >= 0.6 is 0 Å². The summed E-state index contributed by atoms with van der Waals surface area (Å²) in [4.78, 5) is 27.9. The predicted octanol–water partition coefficient (Wildman–Crippen LogP) is 3.81. The number of amides is 2. The summed E-state index contributed by atoms with van der Waals surface area (Å²) < 4.78 is 47.5. The molecule has 2 aromatic carbocycles. The number of likely N-dealkylation sites (N-methyl/N-ethyl adjacent to an activating group) is 1. The molecule has 0 radical (unpaired) electrons. The third kappa shape index (κ3) is 7.44. The molecule has 224 valence electrons. The van der Waals surface area contributed by atoms with Crippen molar-refractivity contribution >= 4 is 27.5 Å². The van der Waals surface area contributed by atoms with Crippen LogP contribution in [0.3, 0.4) is 0 Å². The summed E-state index contributed by atoms with van der Waals surface area (Å²) in [6.07, 6.45) is 4.28. The van der Waals surface area contributed by atoms with Crippen molar-refractivity contribution < 1.29 is 32.2 Å². The van der Waals surface area contributed by atoms with E-state index in [2.05, 4.69) is 5.32 Å². The molecule has 2 amide bonds. The third-order valence-electron chi connectivity index (χ3n) is 8.12. The van der Waals surface area contributed by atoms with Gasteiger partial charge in [-0.25, -0.2) is 12.8 Å². The van der Waals surface area contributed by atoms with E-state index in [0.717, 1.165) is 44.2 Å². The maximum Gasteiger partial charge on any atom is 0.242 e. The van der Waals surface area contributed by atoms with E-state index in [1.807, 2.05) is 6.92 Å². The van der Waals surface area contributed by atoms with Crippen LogP contribution in [0.2, 0.25) is 0 Å². The Morgan fingerprint density at radius 1 is 1.17 bits per heavy atom. The zero-order valence-electron chi connectivity index (χ0n) is 23.9. The Balaban J connectivity index is 1.62. The van der Waals surface area contributed by atoms with Gasteiger partial charge < -0.3 is 20.1 Å². The van der Waals surface area contributed by atoms with Gasteiger partial charge in [0.05, 0.1) is 30.5 Å². The molecular formula is C30H40FN3O6S. The van der Waals surface area contributed by atoms with E-state index in [1.165, 1.54) is 23.5 Å². The van der Waals surface area contributed by atoms with Gasteiger partial charge in [0.1, 0.15) is 17.7 Å². The second-order valence-corrected chi connectivity index (χ2v) is 13.3. The van der Waals surface area contributed by atoms with E-state index < -0.39 is 28.0 Å². The van der Waals surface area contributed by atoms with Crippen molar-refractivity contribution in [2.45, 2.75) is 69.4 Å². The highest BCUT2D eigenvalue weighted by Crippen LogP contribution is 2.31. The number of benzene rings is 2. The lowest BCUT2D eigenvalue weighted by atomic mass is 9.88. The molecule has 0 bridgehead atoms. The molecule has 0 aromatic heterocycles. The number of halogens is 1. The largest absolute Gasteiger partial charge is 0.488 e. The first-order valence-electron chi connectivity index (χ1n) is 14.2. The zero-order valence-corrected chi connectivity index (χ0v) is 24.7. The fourth-order valence-corrected chi connectivity index (χ4v) is 6.66. The molecule has 2 aliphatic rings. The lowest BCUT2D eigenvalue weighted by Gasteiger charge is -2.33. The number of nitrogens with zero attached hydrogens (tertiary/aromatic N) is 2. The molecule has 2 N–H and O–H groups in total. The van der Waals surface area contributed by atoms with E-state index in [0.29, 0.717) is 17.0 Å². The second-order valence-electron chi connectivity index (χ2n) is 11.3. The van der Waals surface area contributed by atoms with Gasteiger partial charge in [0.15, 0.2) is 0 Å². The first kappa shape index (κ1) is 30.9. The highest BCUT2D eigenvalue weighted by atomic mass is 32.2. The van der Waals surface area contributed by atoms with Gasteiger partial charge >= 0.3 is 0 Å². The van der Waals surface area contributed by atoms with Gasteiger partial charge in [-0.15, -0.1) is 0 Å². The Morgan fingerprint density at radius 3 is 2.51 bits per heavy atom. The molecule has 1 aliphatic heterocycles. The van der Waals surface area contributed by atoms with Gasteiger partial charge in [0.2, 0.25) is 21.8 Å². The molecule has 0 saturated heterocycles. The van der Waals surface area contributed by atoms with Gasteiger partial charge in [-0.2, -0.15) is 4.31 Å². The Bertz CT molecular complexity index is 1330. The van der Waals surface area contributed by atoms with E-state index >= 15 is 0 Å². The Hall–Kier alpha value is -3.02. The van der Waals surface area contributed by atoms with Crippen molar-refractivity contribution in [3.05, 3.63) is 53.8 Å². The summed E-state index contributed by atoms with van der Waals surface area (Å²) >= 11 is 0. The molecule has 9 nitrogen and oxygen atoms in total. The van der Waals surface area contributed by atoms with Crippen LogP contribution in [0, 0.1) is 17.7 Å². The molecule has 11 heteroatoms. The molecule has 41 heavy (non-hydrogen) atoms. The number of carbonyl (C=O) groups is 2. The Kier molecular flexibility index (Phi) is 10.0. The summed E-state index contributed by atoms with van der Waals surface area (Å²) in [7, 11) is -2.51. The lowest BCUT2D eigenvalue weighted by Crippen LogP contribution is -2.48. The normalized spacial score (nSPS) is 21.3. The molecule has 1 fully saturated rings. The van der Waals surface area contributed by atoms with Gasteiger partial charge in [0.25, 0.3) is 0 Å². The maximum atomic E-state index is 13.4. The standard InChI is InChI=1S/C30H40FN3O6S/c1-20-17-34(21(2)19-35)29(36)16-23-15-25(32-30(37)22-7-5-4-6-8-22)11-14-27(23)40-28(20)18-33(3)41(38,39)26-12-9-24(31)10-13-26/h9-15,20-22,28,35H,4-8,16-19H2,1-3H3,(H,32,37)/t20-,21+,28+/m0/s1. The molecule has 3 atom stereocenters. The number of hydrogen-bond donors (Lipinski definition) is 2. The molecule has 1 heterocycles. The summed E-state index contributed by atoms with van der Waals surface area (Å²) in [6, 6.07) is 9.35. The summed E-state index contributed by atoms with van der Waals surface area (Å²) in [6.45, 7) is 3.61. The second kappa shape index (κ2) is 13.3. The van der Waals surface area contributed by atoms with Crippen molar-refractivity contribution in [2.24, 2.45) is 11.8 Å². The number of ether oxygens (including phenoxy) is 1. The quantitative estimate of drug-likeness (QED) is 0.484. The smallest absolute Gasteiger partial charge is 0.242 e. The molecule has 4 rings (SSSR count). The average molecular weight is 590 g/mol. The number of nitrogens with one attached hydrogen (secondary N) is 1. The number of fused-ring (bicyclic) bond motifs is 1. The average Bonchev–Trinajstić information content (AvgIpc) is 3.00. The van der Waals surface area contributed by atoms with E-state index in [9.17, 15) is 27.5 Å². The summed E-state index contributed by atoms with van der Waals surface area (Å²) in [5.41, 5.74) is 1.13. The van der Waals surface area contributed by atoms with Crippen LogP contribution in [-0.2, 0) is 26.0 Å². The van der Waals surface area contributed by atoms with Crippen molar-refractivity contribution in [3.63, 3.8) is 0 Å². The van der Waals surface area contributed by atoms with E-state index in [1.54, 1.807) is 30.0 Å². The van der Waals surface area contributed by atoms with E-state index in [-0.39, 0.29) is 54.7 Å². The van der Waals surface area contributed by atoms with Gasteiger partial charge in [-0.05, 0) is 62.2 Å². The van der Waals surface area contributed by atoms with Gasteiger partial charge in [-0.3, -0.25) is 9.59 Å². The predicted molar refractivity (Wildman–Crippen MR) is 153 cm³/mol. The topological polar surface area (TPSA) is 116 Å². The van der Waals surface area contributed by atoms with Crippen LogP contribution < -0.4 is 10.1 Å². The van der Waals surface area contributed by atoms with Crippen molar-refractivity contribution in [1.82, 2.24) is 9.21 Å². The van der Waals surface area contributed by atoms with Crippen molar-refractivity contribution in [3.8, 4) is 5.75 Å². The van der Waals surface area contributed by atoms with E-state index in [4.69, 9.17) is 4.74 Å². The van der Waals surface area contributed by atoms with Crippen LogP contribution in [0.25, 0.3) is 0 Å². The zero-order chi connectivity index (χ0) is 29.7. The third-order valence-corrected chi connectivity index (χ3v) is 9.96. The van der Waals surface area contributed by atoms with Crippen LogP contribution in [0.4, 0.5) is 10.1 Å². The van der Waals surface area contributed by atoms with Gasteiger partial charge in [-0.1, -0.05) is 26.2 Å². The maximum absolute atomic E-state index is 13.4. The number of aliphatic hydroxyl groups is 1. The van der Waals surface area contributed by atoms with Crippen molar-refractivity contribution in [2.75, 3.05) is 32.1 Å². The fraction of sp³-hybridized carbons (Fsp3) is 0.533. The van der Waals surface area contributed by atoms with Crippen LogP contribution in [-0.4, -0.2) is 73.4 Å². The summed E-state index contributed by atoms with van der Waals surface area (Å²) in [5, 5.41) is 12.9. The van der Waals surface area contributed by atoms with Gasteiger partial charge in [0, 0.05) is 36.7 Å². The Morgan fingerprint density at radius 2 is 1.85 bits per heavy atom. The monoisotopic (exact) mass is 589 g/mol. The first-order chi connectivity index (χ1) is 19.5. The number of sulfonamides is 1.